The van der Waals surface area contributed by atoms with Gasteiger partial charge in [-0.25, -0.2) is 0 Å². The number of carboxylic acid groups (broad SMARTS) is 1. The Bertz CT molecular complexity index is 322. The molecular formula is C12H16NO2-. The van der Waals surface area contributed by atoms with Crippen molar-refractivity contribution in [3.05, 3.63) is 35.9 Å². The third kappa shape index (κ3) is 2.72. The van der Waals surface area contributed by atoms with E-state index in [-0.39, 0.29) is 12.1 Å². The summed E-state index contributed by atoms with van der Waals surface area (Å²) in [6, 6.07) is 9.31. The zero-order valence-electron chi connectivity index (χ0n) is 9.31. The van der Waals surface area contributed by atoms with Gasteiger partial charge in [0.1, 0.15) is 6.09 Å². The van der Waals surface area contributed by atoms with Crippen molar-refractivity contribution in [2.75, 3.05) is 0 Å². The van der Waals surface area contributed by atoms with E-state index in [4.69, 9.17) is 0 Å². The molecule has 0 saturated heterocycles. The minimum absolute atomic E-state index is 0.0785. The molecule has 1 rings (SSSR count). The van der Waals surface area contributed by atoms with E-state index >= 15 is 0 Å². The first-order valence-corrected chi connectivity index (χ1v) is 5.08. The molecule has 0 saturated carbocycles. The van der Waals surface area contributed by atoms with Gasteiger partial charge in [-0.2, -0.15) is 0 Å². The normalized spacial score (nSPS) is 12.5. The van der Waals surface area contributed by atoms with Gasteiger partial charge < -0.3 is 14.8 Å². The second kappa shape index (κ2) is 4.82. The standard InChI is InChI=1S/C12H17NO2/c1-9(2)13(12(14)15)10(3)11-7-5-4-6-8-11/h4-10H,1-3H3,(H,14,15)/p-1. The number of hydrogen-bond acceptors (Lipinski definition) is 2. The molecule has 0 bridgehead atoms. The van der Waals surface area contributed by atoms with Crippen molar-refractivity contribution in [3.8, 4) is 0 Å². The average Bonchev–Trinajstić information content (AvgIpc) is 2.18. The summed E-state index contributed by atoms with van der Waals surface area (Å²) < 4.78 is 0. The maximum Gasteiger partial charge on any atom is 0.137 e. The van der Waals surface area contributed by atoms with Gasteiger partial charge >= 0.3 is 0 Å². The summed E-state index contributed by atoms with van der Waals surface area (Å²) in [5.74, 6) is 0. The van der Waals surface area contributed by atoms with E-state index in [1.807, 2.05) is 51.1 Å². The zero-order valence-corrected chi connectivity index (χ0v) is 9.31. The topological polar surface area (TPSA) is 43.4 Å². The summed E-state index contributed by atoms with van der Waals surface area (Å²) >= 11 is 0. The van der Waals surface area contributed by atoms with Crippen LogP contribution in [0.2, 0.25) is 0 Å². The third-order valence-corrected chi connectivity index (χ3v) is 2.47. The molecule has 1 atom stereocenters. The summed E-state index contributed by atoms with van der Waals surface area (Å²) in [6.45, 7) is 5.55. The van der Waals surface area contributed by atoms with Crippen molar-refractivity contribution >= 4 is 6.09 Å². The fourth-order valence-corrected chi connectivity index (χ4v) is 1.71. The number of carbonyl (C=O) groups excluding carboxylic acids is 1. The molecule has 3 heteroatoms. The number of rotatable bonds is 3. The van der Waals surface area contributed by atoms with Crippen molar-refractivity contribution in [1.29, 1.82) is 0 Å². The number of carbonyl (C=O) groups is 1. The van der Waals surface area contributed by atoms with Gasteiger partial charge in [-0.05, 0) is 26.3 Å². The Kier molecular flexibility index (Phi) is 3.72. The van der Waals surface area contributed by atoms with Gasteiger partial charge in [0.15, 0.2) is 0 Å². The Morgan fingerprint density at radius 3 is 2.13 bits per heavy atom. The van der Waals surface area contributed by atoms with Crippen molar-refractivity contribution in [1.82, 2.24) is 4.90 Å². The number of nitrogens with zero attached hydrogens (tertiary/aromatic N) is 1. The van der Waals surface area contributed by atoms with Gasteiger partial charge in [-0.3, -0.25) is 0 Å². The summed E-state index contributed by atoms with van der Waals surface area (Å²) in [4.78, 5) is 12.3. The van der Waals surface area contributed by atoms with E-state index in [2.05, 4.69) is 0 Å². The number of benzene rings is 1. The van der Waals surface area contributed by atoms with E-state index < -0.39 is 6.09 Å². The van der Waals surface area contributed by atoms with E-state index in [1.165, 1.54) is 4.90 Å². The molecular weight excluding hydrogens is 190 g/mol. The molecule has 0 aliphatic heterocycles. The lowest BCUT2D eigenvalue weighted by Crippen LogP contribution is -2.46. The van der Waals surface area contributed by atoms with Gasteiger partial charge in [-0.15, -0.1) is 0 Å². The van der Waals surface area contributed by atoms with E-state index in [0.29, 0.717) is 0 Å². The maximum absolute atomic E-state index is 11.0. The Hall–Kier alpha value is -1.51. The van der Waals surface area contributed by atoms with Crippen LogP contribution in [-0.4, -0.2) is 17.0 Å². The summed E-state index contributed by atoms with van der Waals surface area (Å²) in [6.07, 6.45) is -1.12. The quantitative estimate of drug-likeness (QED) is 0.756. The molecule has 0 aromatic heterocycles. The molecule has 0 radical (unpaired) electrons. The zero-order chi connectivity index (χ0) is 11.4. The highest BCUT2D eigenvalue weighted by Crippen LogP contribution is 2.21. The predicted molar refractivity (Wildman–Crippen MR) is 57.2 cm³/mol. The van der Waals surface area contributed by atoms with Gasteiger partial charge in [0.25, 0.3) is 0 Å². The van der Waals surface area contributed by atoms with Gasteiger partial charge in [0.2, 0.25) is 0 Å². The fraction of sp³-hybridized carbons (Fsp3) is 0.417. The van der Waals surface area contributed by atoms with Crippen LogP contribution in [0.15, 0.2) is 30.3 Å². The summed E-state index contributed by atoms with van der Waals surface area (Å²) in [7, 11) is 0. The monoisotopic (exact) mass is 206 g/mol. The molecule has 0 N–H and O–H groups in total. The Morgan fingerprint density at radius 2 is 1.73 bits per heavy atom. The van der Waals surface area contributed by atoms with Crippen LogP contribution in [0.4, 0.5) is 4.79 Å². The number of amides is 1. The molecule has 1 aromatic carbocycles. The van der Waals surface area contributed by atoms with Gasteiger partial charge in [0.05, 0.1) is 6.04 Å². The van der Waals surface area contributed by atoms with Gasteiger partial charge in [0, 0.05) is 6.04 Å². The lowest BCUT2D eigenvalue weighted by molar-refractivity contribution is -0.270. The van der Waals surface area contributed by atoms with Crippen molar-refractivity contribution in [2.45, 2.75) is 32.9 Å². The first-order valence-electron chi connectivity index (χ1n) is 5.08. The highest BCUT2D eigenvalue weighted by Gasteiger charge is 2.17. The molecule has 0 fully saturated rings. The Balaban J connectivity index is 2.91. The second-order valence-corrected chi connectivity index (χ2v) is 3.85. The van der Waals surface area contributed by atoms with Crippen LogP contribution in [0.1, 0.15) is 32.4 Å². The van der Waals surface area contributed by atoms with Crippen molar-refractivity contribution < 1.29 is 9.90 Å². The van der Waals surface area contributed by atoms with Crippen molar-refractivity contribution in [2.24, 2.45) is 0 Å². The predicted octanol–water partition coefficient (Wildman–Crippen LogP) is 1.80. The van der Waals surface area contributed by atoms with Gasteiger partial charge in [-0.1, -0.05) is 30.3 Å². The SMILES string of the molecule is CC(C)N(C(=O)[O-])C(C)c1ccccc1. The molecule has 1 amide bonds. The molecule has 1 unspecified atom stereocenters. The molecule has 0 aliphatic rings. The Labute approximate surface area is 90.3 Å². The Morgan fingerprint density at radius 1 is 1.20 bits per heavy atom. The van der Waals surface area contributed by atoms with E-state index in [0.717, 1.165) is 5.56 Å². The van der Waals surface area contributed by atoms with Crippen LogP contribution in [0.3, 0.4) is 0 Å². The first-order chi connectivity index (χ1) is 7.04. The van der Waals surface area contributed by atoms with Crippen LogP contribution in [-0.2, 0) is 0 Å². The van der Waals surface area contributed by atoms with E-state index in [9.17, 15) is 9.90 Å². The molecule has 0 aliphatic carbocycles. The summed E-state index contributed by atoms with van der Waals surface area (Å²) in [5, 5.41) is 11.0. The largest absolute Gasteiger partial charge is 0.530 e. The van der Waals surface area contributed by atoms with Crippen molar-refractivity contribution in [3.63, 3.8) is 0 Å². The highest BCUT2D eigenvalue weighted by molar-refractivity contribution is 5.63. The molecule has 3 nitrogen and oxygen atoms in total. The fourth-order valence-electron chi connectivity index (χ4n) is 1.71. The van der Waals surface area contributed by atoms with Crippen LogP contribution >= 0.6 is 0 Å². The highest BCUT2D eigenvalue weighted by atomic mass is 16.4. The van der Waals surface area contributed by atoms with Crippen LogP contribution in [0.5, 0.6) is 0 Å². The molecule has 1 aromatic rings. The molecule has 0 heterocycles. The molecule has 0 spiro atoms. The summed E-state index contributed by atoms with van der Waals surface area (Å²) in [5.41, 5.74) is 0.982. The van der Waals surface area contributed by atoms with Crippen LogP contribution in [0.25, 0.3) is 0 Å². The lowest BCUT2D eigenvalue weighted by Gasteiger charge is -2.35. The minimum Gasteiger partial charge on any atom is -0.530 e. The van der Waals surface area contributed by atoms with E-state index in [1.54, 1.807) is 0 Å². The third-order valence-electron chi connectivity index (χ3n) is 2.47. The smallest absolute Gasteiger partial charge is 0.137 e. The number of hydrogen-bond donors (Lipinski definition) is 0. The first kappa shape index (κ1) is 11.6. The maximum atomic E-state index is 11.0. The molecule has 82 valence electrons. The lowest BCUT2D eigenvalue weighted by atomic mass is 10.1. The molecule has 15 heavy (non-hydrogen) atoms. The second-order valence-electron chi connectivity index (χ2n) is 3.85. The average molecular weight is 206 g/mol. The minimum atomic E-state index is -1.12. The van der Waals surface area contributed by atoms with Crippen LogP contribution in [0, 0.1) is 0 Å². The van der Waals surface area contributed by atoms with Crippen LogP contribution < -0.4 is 5.11 Å².